The molecule has 2 aromatic rings. The lowest BCUT2D eigenvalue weighted by Gasteiger charge is -2.12. The molecule has 0 bridgehead atoms. The molecule has 1 unspecified atom stereocenters. The summed E-state index contributed by atoms with van der Waals surface area (Å²) in [5.41, 5.74) is 0.992. The predicted octanol–water partition coefficient (Wildman–Crippen LogP) is 2.17. The summed E-state index contributed by atoms with van der Waals surface area (Å²) < 4.78 is 31.4. The first-order valence-electron chi connectivity index (χ1n) is 6.14. The third kappa shape index (κ3) is 3.69. The van der Waals surface area contributed by atoms with Gasteiger partial charge in [0.15, 0.2) is 0 Å². The van der Waals surface area contributed by atoms with E-state index >= 15 is 0 Å². The molecule has 0 heterocycles. The first-order valence-corrected chi connectivity index (χ1v) is 7.61. The summed E-state index contributed by atoms with van der Waals surface area (Å²) in [5.74, 6) is 0.732. The standard InChI is InChI=1S/C14H17NO4S/c1-10(9-19-20(15,16)17)11-3-4-13-8-14(18-2)6-5-12(13)7-11/h3-8,10H,9H2,1-2H3,(H2,15,16,17). The van der Waals surface area contributed by atoms with Crippen molar-refractivity contribution >= 4 is 21.1 Å². The molecule has 2 rings (SSSR count). The van der Waals surface area contributed by atoms with Crippen molar-refractivity contribution in [2.75, 3.05) is 13.7 Å². The molecular formula is C14H17NO4S. The van der Waals surface area contributed by atoms with Gasteiger partial charge in [0.1, 0.15) is 5.75 Å². The molecule has 0 amide bonds. The minimum absolute atomic E-state index is 0.0283. The first kappa shape index (κ1) is 14.8. The molecule has 6 heteroatoms. The summed E-state index contributed by atoms with van der Waals surface area (Å²) in [6.07, 6.45) is 0. The van der Waals surface area contributed by atoms with E-state index in [1.165, 1.54) is 0 Å². The highest BCUT2D eigenvalue weighted by Gasteiger charge is 2.11. The van der Waals surface area contributed by atoms with E-state index in [4.69, 9.17) is 9.88 Å². The van der Waals surface area contributed by atoms with Crippen LogP contribution in [-0.4, -0.2) is 22.1 Å². The van der Waals surface area contributed by atoms with Crippen molar-refractivity contribution in [2.24, 2.45) is 5.14 Å². The van der Waals surface area contributed by atoms with Crippen molar-refractivity contribution in [1.29, 1.82) is 0 Å². The van der Waals surface area contributed by atoms with Gasteiger partial charge in [0.05, 0.1) is 13.7 Å². The first-order chi connectivity index (χ1) is 9.39. The lowest BCUT2D eigenvalue weighted by Crippen LogP contribution is -2.18. The topological polar surface area (TPSA) is 78.6 Å². The van der Waals surface area contributed by atoms with Crippen LogP contribution in [0, 0.1) is 0 Å². The van der Waals surface area contributed by atoms with E-state index in [1.54, 1.807) is 7.11 Å². The van der Waals surface area contributed by atoms with E-state index in [0.717, 1.165) is 22.1 Å². The van der Waals surface area contributed by atoms with Crippen LogP contribution >= 0.6 is 0 Å². The van der Waals surface area contributed by atoms with E-state index in [9.17, 15) is 8.42 Å². The zero-order valence-electron chi connectivity index (χ0n) is 11.4. The van der Waals surface area contributed by atoms with Gasteiger partial charge < -0.3 is 4.74 Å². The molecule has 1 atom stereocenters. The Morgan fingerprint density at radius 2 is 1.80 bits per heavy atom. The second kappa shape index (κ2) is 5.78. The third-order valence-electron chi connectivity index (χ3n) is 3.12. The van der Waals surface area contributed by atoms with Crippen molar-refractivity contribution < 1.29 is 17.3 Å². The minimum Gasteiger partial charge on any atom is -0.497 e. The largest absolute Gasteiger partial charge is 0.497 e. The summed E-state index contributed by atoms with van der Waals surface area (Å²) in [4.78, 5) is 0. The Labute approximate surface area is 118 Å². The lowest BCUT2D eigenvalue weighted by atomic mass is 9.98. The maximum atomic E-state index is 10.8. The highest BCUT2D eigenvalue weighted by molar-refractivity contribution is 7.84. The van der Waals surface area contributed by atoms with Crippen LogP contribution in [-0.2, 0) is 14.5 Å². The van der Waals surface area contributed by atoms with Gasteiger partial charge in [-0.15, -0.1) is 0 Å². The van der Waals surface area contributed by atoms with Crippen LogP contribution in [0.1, 0.15) is 18.4 Å². The number of benzene rings is 2. The molecule has 0 aliphatic heterocycles. The smallest absolute Gasteiger partial charge is 0.333 e. The van der Waals surface area contributed by atoms with Gasteiger partial charge in [-0.05, 0) is 28.5 Å². The zero-order chi connectivity index (χ0) is 14.8. The average Bonchev–Trinajstić information content (AvgIpc) is 2.42. The third-order valence-corrected chi connectivity index (χ3v) is 3.59. The highest BCUT2D eigenvalue weighted by Crippen LogP contribution is 2.25. The fourth-order valence-corrected chi connectivity index (χ4v) is 2.36. The molecule has 0 aromatic heterocycles. The number of fused-ring (bicyclic) bond motifs is 1. The quantitative estimate of drug-likeness (QED) is 0.917. The lowest BCUT2D eigenvalue weighted by molar-refractivity contribution is 0.299. The fraction of sp³-hybridized carbons (Fsp3) is 0.286. The molecule has 0 saturated carbocycles. The SMILES string of the molecule is COc1ccc2cc(C(C)COS(N)(=O)=O)ccc2c1. The number of hydrogen-bond donors (Lipinski definition) is 1. The summed E-state index contributed by atoms with van der Waals surface area (Å²) in [6, 6.07) is 11.7. The fourth-order valence-electron chi connectivity index (χ4n) is 1.97. The maximum absolute atomic E-state index is 10.8. The van der Waals surface area contributed by atoms with E-state index in [1.807, 2.05) is 43.3 Å². The summed E-state index contributed by atoms with van der Waals surface area (Å²) in [5, 5.41) is 6.94. The Bertz CT molecular complexity index is 712. The number of ether oxygens (including phenoxy) is 1. The Morgan fingerprint density at radius 3 is 2.45 bits per heavy atom. The molecular weight excluding hydrogens is 278 g/mol. The van der Waals surface area contributed by atoms with Crippen molar-refractivity contribution in [1.82, 2.24) is 0 Å². The van der Waals surface area contributed by atoms with Crippen LogP contribution in [0.15, 0.2) is 36.4 Å². The molecule has 2 aromatic carbocycles. The summed E-state index contributed by atoms with van der Waals surface area (Å²) >= 11 is 0. The molecule has 108 valence electrons. The van der Waals surface area contributed by atoms with Gasteiger partial charge in [-0.3, -0.25) is 4.18 Å². The second-order valence-electron chi connectivity index (χ2n) is 4.65. The molecule has 0 aliphatic rings. The normalized spacial score (nSPS) is 13.3. The van der Waals surface area contributed by atoms with Gasteiger partial charge in [-0.1, -0.05) is 31.2 Å². The van der Waals surface area contributed by atoms with Crippen LogP contribution in [0.5, 0.6) is 5.75 Å². The molecule has 2 N–H and O–H groups in total. The zero-order valence-corrected chi connectivity index (χ0v) is 12.2. The van der Waals surface area contributed by atoms with Gasteiger partial charge in [-0.25, -0.2) is 5.14 Å². The Hall–Kier alpha value is -1.63. The Morgan fingerprint density at radius 1 is 1.15 bits per heavy atom. The average molecular weight is 295 g/mol. The Balaban J connectivity index is 2.23. The van der Waals surface area contributed by atoms with Gasteiger partial charge in [0, 0.05) is 5.92 Å². The van der Waals surface area contributed by atoms with Crippen molar-refractivity contribution in [3.05, 3.63) is 42.0 Å². The van der Waals surface area contributed by atoms with Crippen LogP contribution in [0.4, 0.5) is 0 Å². The highest BCUT2D eigenvalue weighted by atomic mass is 32.2. The maximum Gasteiger partial charge on any atom is 0.333 e. The molecule has 0 spiro atoms. The van der Waals surface area contributed by atoms with Crippen LogP contribution < -0.4 is 9.88 Å². The Kier molecular flexibility index (Phi) is 4.27. The van der Waals surface area contributed by atoms with Gasteiger partial charge in [-0.2, -0.15) is 8.42 Å². The molecule has 20 heavy (non-hydrogen) atoms. The molecule has 0 saturated heterocycles. The van der Waals surface area contributed by atoms with Gasteiger partial charge in [0.2, 0.25) is 0 Å². The second-order valence-corrected chi connectivity index (χ2v) is 5.87. The van der Waals surface area contributed by atoms with Crippen LogP contribution in [0.2, 0.25) is 0 Å². The van der Waals surface area contributed by atoms with Crippen molar-refractivity contribution in [3.8, 4) is 5.75 Å². The summed E-state index contributed by atoms with van der Waals surface area (Å²) in [7, 11) is -2.27. The van der Waals surface area contributed by atoms with Crippen molar-refractivity contribution in [2.45, 2.75) is 12.8 Å². The van der Waals surface area contributed by atoms with E-state index < -0.39 is 10.3 Å². The monoisotopic (exact) mass is 295 g/mol. The number of nitrogens with two attached hydrogens (primary N) is 1. The van der Waals surface area contributed by atoms with E-state index in [0.29, 0.717) is 0 Å². The van der Waals surface area contributed by atoms with Gasteiger partial charge >= 0.3 is 10.3 Å². The number of methoxy groups -OCH3 is 1. The number of hydrogen-bond acceptors (Lipinski definition) is 4. The van der Waals surface area contributed by atoms with E-state index in [2.05, 4.69) is 4.18 Å². The van der Waals surface area contributed by atoms with Crippen molar-refractivity contribution in [3.63, 3.8) is 0 Å². The van der Waals surface area contributed by atoms with Gasteiger partial charge in [0.25, 0.3) is 0 Å². The molecule has 0 aliphatic carbocycles. The molecule has 0 fully saturated rings. The van der Waals surface area contributed by atoms with Crippen LogP contribution in [0.25, 0.3) is 10.8 Å². The molecule has 0 radical (unpaired) electrons. The number of rotatable bonds is 5. The van der Waals surface area contributed by atoms with Crippen LogP contribution in [0.3, 0.4) is 0 Å². The summed E-state index contributed by atoms with van der Waals surface area (Å²) in [6.45, 7) is 1.91. The van der Waals surface area contributed by atoms with E-state index in [-0.39, 0.29) is 12.5 Å². The minimum atomic E-state index is -3.90. The predicted molar refractivity (Wildman–Crippen MR) is 78.0 cm³/mol. The molecule has 5 nitrogen and oxygen atoms in total.